The third-order valence-corrected chi connectivity index (χ3v) is 4.14. The van der Waals surface area contributed by atoms with Gasteiger partial charge >= 0.3 is 0 Å². The van der Waals surface area contributed by atoms with Crippen molar-refractivity contribution in [2.24, 2.45) is 5.92 Å². The lowest BCUT2D eigenvalue weighted by Crippen LogP contribution is -2.41. The number of piperidine rings is 1. The van der Waals surface area contributed by atoms with E-state index in [2.05, 4.69) is 20.2 Å². The first-order chi connectivity index (χ1) is 9.63. The van der Waals surface area contributed by atoms with Gasteiger partial charge in [-0.2, -0.15) is 0 Å². The van der Waals surface area contributed by atoms with E-state index in [1.54, 1.807) is 6.20 Å². The first kappa shape index (κ1) is 13.3. The number of aryl methyl sites for hydroxylation is 2. The minimum Gasteiger partial charge on any atom is -0.355 e. The Morgan fingerprint density at radius 1 is 1.25 bits per heavy atom. The van der Waals surface area contributed by atoms with Gasteiger partial charge in [0.2, 0.25) is 5.91 Å². The van der Waals surface area contributed by atoms with Gasteiger partial charge < -0.3 is 10.2 Å². The molecule has 1 aliphatic carbocycles. The highest BCUT2D eigenvalue weighted by Gasteiger charge is 2.30. The van der Waals surface area contributed by atoms with E-state index in [4.69, 9.17) is 0 Å². The summed E-state index contributed by atoms with van der Waals surface area (Å²) in [6, 6.07) is 0.463. The lowest BCUT2D eigenvalue weighted by molar-refractivity contribution is -0.125. The molecule has 1 aromatic rings. The number of carbonyl (C=O) groups is 1. The Balaban J connectivity index is 1.60. The zero-order valence-electron chi connectivity index (χ0n) is 12.2. The summed E-state index contributed by atoms with van der Waals surface area (Å²) in [6.07, 6.45) is 5.93. The fourth-order valence-electron chi connectivity index (χ4n) is 2.72. The highest BCUT2D eigenvalue weighted by Crippen LogP contribution is 2.25. The van der Waals surface area contributed by atoms with Gasteiger partial charge in [0, 0.05) is 31.2 Å². The summed E-state index contributed by atoms with van der Waals surface area (Å²) >= 11 is 0. The van der Waals surface area contributed by atoms with Gasteiger partial charge in [-0.1, -0.05) is 0 Å². The minimum absolute atomic E-state index is 0.171. The molecule has 5 heteroatoms. The summed E-state index contributed by atoms with van der Waals surface area (Å²) < 4.78 is 0. The van der Waals surface area contributed by atoms with Crippen molar-refractivity contribution >= 4 is 11.7 Å². The fraction of sp³-hybridized carbons (Fsp3) is 0.667. The van der Waals surface area contributed by atoms with Gasteiger partial charge in [-0.25, -0.2) is 4.98 Å². The molecule has 0 bridgehead atoms. The SMILES string of the molecule is Cc1cnc(C)c(N2CCC(C(=O)NC3CC3)CC2)n1. The fourth-order valence-corrected chi connectivity index (χ4v) is 2.72. The second kappa shape index (κ2) is 5.38. The molecule has 2 aliphatic rings. The molecule has 0 spiro atoms. The predicted octanol–water partition coefficient (Wildman–Crippen LogP) is 1.59. The minimum atomic E-state index is 0.171. The van der Waals surface area contributed by atoms with Gasteiger partial charge in [-0.15, -0.1) is 0 Å². The maximum Gasteiger partial charge on any atom is 0.223 e. The topological polar surface area (TPSA) is 58.1 Å². The van der Waals surface area contributed by atoms with E-state index in [1.807, 2.05) is 13.8 Å². The van der Waals surface area contributed by atoms with Crippen LogP contribution in [0.2, 0.25) is 0 Å². The smallest absolute Gasteiger partial charge is 0.223 e. The molecule has 0 atom stereocenters. The first-order valence-electron chi connectivity index (χ1n) is 7.49. The van der Waals surface area contributed by atoms with Crippen molar-refractivity contribution in [1.29, 1.82) is 0 Å². The van der Waals surface area contributed by atoms with Crippen LogP contribution in [0, 0.1) is 19.8 Å². The summed E-state index contributed by atoms with van der Waals surface area (Å²) in [5, 5.41) is 3.11. The van der Waals surface area contributed by atoms with Crippen LogP contribution in [-0.4, -0.2) is 35.0 Å². The first-order valence-corrected chi connectivity index (χ1v) is 7.49. The standard InChI is InChI=1S/C15H22N4O/c1-10-9-16-11(2)14(17-10)19-7-5-12(6-8-19)15(20)18-13-3-4-13/h9,12-13H,3-8H2,1-2H3,(H,18,20). The largest absolute Gasteiger partial charge is 0.355 e. The Hall–Kier alpha value is -1.65. The number of hydrogen-bond acceptors (Lipinski definition) is 4. The van der Waals surface area contributed by atoms with Crippen LogP contribution in [0.1, 0.15) is 37.1 Å². The molecule has 1 aromatic heterocycles. The van der Waals surface area contributed by atoms with E-state index in [1.165, 1.54) is 0 Å². The molecule has 3 rings (SSSR count). The van der Waals surface area contributed by atoms with Crippen LogP contribution in [0.25, 0.3) is 0 Å². The van der Waals surface area contributed by atoms with E-state index in [0.29, 0.717) is 6.04 Å². The Labute approximate surface area is 119 Å². The summed E-state index contributed by atoms with van der Waals surface area (Å²) in [4.78, 5) is 23.3. The molecular formula is C15H22N4O. The number of hydrogen-bond donors (Lipinski definition) is 1. The van der Waals surface area contributed by atoms with Crippen molar-refractivity contribution in [3.05, 3.63) is 17.6 Å². The van der Waals surface area contributed by atoms with Crippen molar-refractivity contribution in [3.8, 4) is 0 Å². The van der Waals surface area contributed by atoms with Crippen molar-refractivity contribution in [1.82, 2.24) is 15.3 Å². The molecule has 2 fully saturated rings. The Bertz CT molecular complexity index is 505. The van der Waals surface area contributed by atoms with Gasteiger partial charge in [0.15, 0.2) is 0 Å². The second-order valence-electron chi connectivity index (χ2n) is 5.96. The molecule has 0 radical (unpaired) electrons. The van der Waals surface area contributed by atoms with Gasteiger partial charge in [0.25, 0.3) is 0 Å². The molecule has 1 amide bonds. The van der Waals surface area contributed by atoms with Crippen LogP contribution in [0.3, 0.4) is 0 Å². The van der Waals surface area contributed by atoms with E-state index in [0.717, 1.165) is 56.0 Å². The molecular weight excluding hydrogens is 252 g/mol. The number of amides is 1. The molecule has 2 heterocycles. The van der Waals surface area contributed by atoms with Gasteiger partial charge in [-0.05, 0) is 39.5 Å². The van der Waals surface area contributed by atoms with Crippen LogP contribution in [0.5, 0.6) is 0 Å². The molecule has 5 nitrogen and oxygen atoms in total. The van der Waals surface area contributed by atoms with E-state index in [-0.39, 0.29) is 11.8 Å². The number of rotatable bonds is 3. The number of carbonyl (C=O) groups excluding carboxylic acids is 1. The third kappa shape index (κ3) is 2.92. The maximum atomic E-state index is 12.1. The van der Waals surface area contributed by atoms with Crippen LogP contribution in [0.15, 0.2) is 6.20 Å². The molecule has 1 N–H and O–H groups in total. The summed E-state index contributed by atoms with van der Waals surface area (Å²) in [5.74, 6) is 1.40. The molecule has 20 heavy (non-hydrogen) atoms. The highest BCUT2D eigenvalue weighted by atomic mass is 16.2. The summed E-state index contributed by atoms with van der Waals surface area (Å²) in [6.45, 7) is 5.74. The number of aromatic nitrogens is 2. The molecule has 0 unspecified atom stereocenters. The van der Waals surface area contributed by atoms with Crippen molar-refractivity contribution in [3.63, 3.8) is 0 Å². The lowest BCUT2D eigenvalue weighted by Gasteiger charge is -2.32. The zero-order valence-corrected chi connectivity index (χ0v) is 12.2. The predicted molar refractivity (Wildman–Crippen MR) is 77.6 cm³/mol. The van der Waals surface area contributed by atoms with Gasteiger partial charge in [0.05, 0.1) is 11.4 Å². The molecule has 1 saturated carbocycles. The molecule has 108 valence electrons. The highest BCUT2D eigenvalue weighted by molar-refractivity contribution is 5.79. The molecule has 1 saturated heterocycles. The Morgan fingerprint density at radius 2 is 1.95 bits per heavy atom. The van der Waals surface area contributed by atoms with Crippen LogP contribution >= 0.6 is 0 Å². The Morgan fingerprint density at radius 3 is 2.60 bits per heavy atom. The lowest BCUT2D eigenvalue weighted by atomic mass is 9.96. The van der Waals surface area contributed by atoms with Gasteiger partial charge in [0.1, 0.15) is 5.82 Å². The average Bonchev–Trinajstić information content (AvgIpc) is 3.26. The Kier molecular flexibility index (Phi) is 3.59. The summed E-state index contributed by atoms with van der Waals surface area (Å²) in [5.41, 5.74) is 1.91. The van der Waals surface area contributed by atoms with Crippen molar-refractivity contribution in [2.45, 2.75) is 45.6 Å². The zero-order chi connectivity index (χ0) is 14.1. The van der Waals surface area contributed by atoms with Crippen molar-refractivity contribution in [2.75, 3.05) is 18.0 Å². The third-order valence-electron chi connectivity index (χ3n) is 4.14. The monoisotopic (exact) mass is 274 g/mol. The van der Waals surface area contributed by atoms with Crippen LogP contribution < -0.4 is 10.2 Å². The van der Waals surface area contributed by atoms with E-state index >= 15 is 0 Å². The van der Waals surface area contributed by atoms with Gasteiger partial charge in [-0.3, -0.25) is 9.78 Å². The van der Waals surface area contributed by atoms with Crippen LogP contribution in [-0.2, 0) is 4.79 Å². The second-order valence-corrected chi connectivity index (χ2v) is 5.96. The van der Waals surface area contributed by atoms with E-state index < -0.39 is 0 Å². The number of nitrogens with zero attached hydrogens (tertiary/aromatic N) is 3. The quantitative estimate of drug-likeness (QED) is 0.909. The molecule has 1 aliphatic heterocycles. The maximum absolute atomic E-state index is 12.1. The number of anilines is 1. The normalized spacial score (nSPS) is 20.0. The van der Waals surface area contributed by atoms with E-state index in [9.17, 15) is 4.79 Å². The summed E-state index contributed by atoms with van der Waals surface area (Å²) in [7, 11) is 0. The average molecular weight is 274 g/mol. The number of nitrogens with one attached hydrogen (secondary N) is 1. The van der Waals surface area contributed by atoms with Crippen LogP contribution in [0.4, 0.5) is 5.82 Å². The van der Waals surface area contributed by atoms with Crippen molar-refractivity contribution < 1.29 is 4.79 Å². The molecule has 0 aromatic carbocycles.